The van der Waals surface area contributed by atoms with Gasteiger partial charge in [-0.1, -0.05) is 25.0 Å². The first-order chi connectivity index (χ1) is 10.1. The molecule has 1 aromatic rings. The van der Waals surface area contributed by atoms with Crippen LogP contribution in [0.2, 0.25) is 0 Å². The van der Waals surface area contributed by atoms with Gasteiger partial charge in [-0.2, -0.15) is 0 Å². The average Bonchev–Trinajstić information content (AvgIpc) is 2.74. The number of aryl methyl sites for hydroxylation is 1. The van der Waals surface area contributed by atoms with E-state index in [1.807, 2.05) is 36.9 Å². The predicted octanol–water partition coefficient (Wildman–Crippen LogP) is 2.80. The highest BCUT2D eigenvalue weighted by atomic mass is 16.5. The third kappa shape index (κ3) is 4.46. The molecule has 0 radical (unpaired) electrons. The van der Waals surface area contributed by atoms with Crippen molar-refractivity contribution in [2.45, 2.75) is 45.6 Å². The first kappa shape index (κ1) is 15.8. The van der Waals surface area contributed by atoms with Crippen LogP contribution < -0.4 is 10.5 Å². The molecule has 1 fully saturated rings. The van der Waals surface area contributed by atoms with Crippen molar-refractivity contribution in [3.05, 3.63) is 29.3 Å². The summed E-state index contributed by atoms with van der Waals surface area (Å²) in [6, 6.07) is 5.90. The zero-order chi connectivity index (χ0) is 15.2. The van der Waals surface area contributed by atoms with Crippen molar-refractivity contribution >= 4 is 5.91 Å². The fraction of sp³-hybridized carbons (Fsp3) is 0.588. The largest absolute Gasteiger partial charge is 0.484 e. The maximum Gasteiger partial charge on any atom is 0.260 e. The Labute approximate surface area is 127 Å². The van der Waals surface area contributed by atoms with Gasteiger partial charge in [0.2, 0.25) is 0 Å². The van der Waals surface area contributed by atoms with Gasteiger partial charge in [0, 0.05) is 19.1 Å². The molecule has 4 heteroatoms. The van der Waals surface area contributed by atoms with Gasteiger partial charge >= 0.3 is 0 Å². The molecule has 1 amide bonds. The molecule has 0 aromatic heterocycles. The van der Waals surface area contributed by atoms with Crippen molar-refractivity contribution in [2.75, 3.05) is 19.7 Å². The van der Waals surface area contributed by atoms with Crippen LogP contribution in [0.3, 0.4) is 0 Å². The lowest BCUT2D eigenvalue weighted by atomic mass is 10.1. The lowest BCUT2D eigenvalue weighted by molar-refractivity contribution is -0.133. The summed E-state index contributed by atoms with van der Waals surface area (Å²) in [6.07, 6.45) is 4.66. The van der Waals surface area contributed by atoms with Gasteiger partial charge in [0.1, 0.15) is 5.75 Å². The van der Waals surface area contributed by atoms with Gasteiger partial charge < -0.3 is 15.4 Å². The summed E-state index contributed by atoms with van der Waals surface area (Å²) in [5.74, 6) is 0.857. The molecule has 2 N–H and O–H groups in total. The summed E-state index contributed by atoms with van der Waals surface area (Å²) in [5, 5.41) is 0. The molecular formula is C17H26N2O2. The minimum absolute atomic E-state index is 0.0106. The highest BCUT2D eigenvalue weighted by Crippen LogP contribution is 2.22. The maximum absolute atomic E-state index is 12.2. The van der Waals surface area contributed by atoms with Crippen LogP contribution in [0, 0.1) is 6.92 Å². The number of carbonyl (C=O) groups is 1. The number of nitrogens with two attached hydrogens (primary N) is 1. The van der Waals surface area contributed by atoms with Gasteiger partial charge in [-0.25, -0.2) is 0 Å². The Hall–Kier alpha value is -1.55. The summed E-state index contributed by atoms with van der Waals surface area (Å²) < 4.78 is 5.70. The average molecular weight is 290 g/mol. The molecule has 0 saturated carbocycles. The van der Waals surface area contributed by atoms with Gasteiger partial charge in [0.25, 0.3) is 5.91 Å². The Morgan fingerprint density at radius 2 is 1.95 bits per heavy atom. The van der Waals surface area contributed by atoms with Crippen molar-refractivity contribution in [1.29, 1.82) is 0 Å². The normalized spacial score (nSPS) is 17.2. The molecule has 1 atom stereocenters. The number of hydrogen-bond acceptors (Lipinski definition) is 3. The molecule has 1 aliphatic heterocycles. The van der Waals surface area contributed by atoms with Crippen LogP contribution in [0.15, 0.2) is 18.2 Å². The van der Waals surface area contributed by atoms with Crippen molar-refractivity contribution in [1.82, 2.24) is 4.90 Å². The monoisotopic (exact) mass is 290 g/mol. The lowest BCUT2D eigenvalue weighted by Gasteiger charge is -2.20. The summed E-state index contributed by atoms with van der Waals surface area (Å²) in [5.41, 5.74) is 7.97. The van der Waals surface area contributed by atoms with E-state index in [2.05, 4.69) is 0 Å². The first-order valence-corrected chi connectivity index (χ1v) is 7.84. The quantitative estimate of drug-likeness (QED) is 0.927. The highest BCUT2D eigenvalue weighted by molar-refractivity contribution is 5.77. The van der Waals surface area contributed by atoms with Crippen molar-refractivity contribution in [2.24, 2.45) is 5.73 Å². The number of likely N-dealkylation sites (tertiary alicyclic amines) is 1. The van der Waals surface area contributed by atoms with Gasteiger partial charge in [0.05, 0.1) is 0 Å². The molecule has 4 nitrogen and oxygen atoms in total. The number of nitrogens with zero attached hydrogens (tertiary/aromatic N) is 1. The van der Waals surface area contributed by atoms with Crippen LogP contribution in [0.4, 0.5) is 0 Å². The third-order valence-electron chi connectivity index (χ3n) is 4.03. The Morgan fingerprint density at radius 3 is 2.52 bits per heavy atom. The van der Waals surface area contributed by atoms with Crippen LogP contribution >= 0.6 is 0 Å². The summed E-state index contributed by atoms with van der Waals surface area (Å²) in [6.45, 7) is 5.80. The molecule has 1 saturated heterocycles. The van der Waals surface area contributed by atoms with Crippen molar-refractivity contribution < 1.29 is 9.53 Å². The standard InChI is InChI=1S/C17H26N2O2/c1-13-11-15(14(2)18)7-8-16(13)21-12-17(20)19-9-5-3-4-6-10-19/h7-8,11,14H,3-6,9-10,12,18H2,1-2H3/t14-/m1/s1. The van der Waals surface area contributed by atoms with E-state index >= 15 is 0 Å². The second-order valence-electron chi connectivity index (χ2n) is 5.90. The molecule has 0 spiro atoms. The van der Waals surface area contributed by atoms with E-state index in [1.54, 1.807) is 0 Å². The Bertz CT molecular complexity index is 478. The van der Waals surface area contributed by atoms with E-state index < -0.39 is 0 Å². The van der Waals surface area contributed by atoms with Gasteiger partial charge in [0.15, 0.2) is 6.61 Å². The SMILES string of the molecule is Cc1cc([C@@H](C)N)ccc1OCC(=O)N1CCCCCC1. The Kier molecular flexibility index (Phi) is 5.62. The van der Waals surface area contributed by atoms with Crippen LogP contribution in [-0.4, -0.2) is 30.5 Å². The van der Waals surface area contributed by atoms with Crippen LogP contribution in [0.5, 0.6) is 5.75 Å². The first-order valence-electron chi connectivity index (χ1n) is 7.84. The van der Waals surface area contributed by atoms with Crippen LogP contribution in [-0.2, 0) is 4.79 Å². The van der Waals surface area contributed by atoms with E-state index in [4.69, 9.17) is 10.5 Å². The molecule has 0 unspecified atom stereocenters. The Morgan fingerprint density at radius 1 is 1.29 bits per heavy atom. The Balaban J connectivity index is 1.91. The zero-order valence-corrected chi connectivity index (χ0v) is 13.1. The molecule has 21 heavy (non-hydrogen) atoms. The second-order valence-corrected chi connectivity index (χ2v) is 5.90. The number of rotatable bonds is 4. The van der Waals surface area contributed by atoms with Crippen molar-refractivity contribution in [3.8, 4) is 5.75 Å². The topological polar surface area (TPSA) is 55.6 Å². The van der Waals surface area contributed by atoms with Gasteiger partial charge in [-0.05, 0) is 43.9 Å². The van der Waals surface area contributed by atoms with Crippen LogP contribution in [0.25, 0.3) is 0 Å². The lowest BCUT2D eigenvalue weighted by Crippen LogP contribution is -2.35. The molecular weight excluding hydrogens is 264 g/mol. The van der Waals surface area contributed by atoms with Gasteiger partial charge in [-0.3, -0.25) is 4.79 Å². The van der Waals surface area contributed by atoms with E-state index in [0.29, 0.717) is 0 Å². The van der Waals surface area contributed by atoms with E-state index in [-0.39, 0.29) is 18.6 Å². The van der Waals surface area contributed by atoms with Gasteiger partial charge in [-0.15, -0.1) is 0 Å². The highest BCUT2D eigenvalue weighted by Gasteiger charge is 2.16. The van der Waals surface area contributed by atoms with E-state index in [1.165, 1.54) is 12.8 Å². The molecule has 1 aromatic carbocycles. The van der Waals surface area contributed by atoms with E-state index in [9.17, 15) is 4.79 Å². The number of hydrogen-bond donors (Lipinski definition) is 1. The fourth-order valence-corrected chi connectivity index (χ4v) is 2.67. The minimum Gasteiger partial charge on any atom is -0.484 e. The summed E-state index contributed by atoms with van der Waals surface area (Å²) in [7, 11) is 0. The minimum atomic E-state index is 0.0106. The summed E-state index contributed by atoms with van der Waals surface area (Å²) in [4.78, 5) is 14.1. The predicted molar refractivity (Wildman–Crippen MR) is 84.3 cm³/mol. The number of benzene rings is 1. The zero-order valence-electron chi connectivity index (χ0n) is 13.1. The molecule has 2 rings (SSSR count). The molecule has 0 bridgehead atoms. The molecule has 1 heterocycles. The number of amides is 1. The molecule has 1 aliphatic rings. The van der Waals surface area contributed by atoms with Crippen molar-refractivity contribution in [3.63, 3.8) is 0 Å². The van der Waals surface area contributed by atoms with E-state index in [0.717, 1.165) is 42.8 Å². The van der Waals surface area contributed by atoms with Crippen LogP contribution in [0.1, 0.15) is 49.8 Å². The maximum atomic E-state index is 12.2. The summed E-state index contributed by atoms with van der Waals surface area (Å²) >= 11 is 0. The second kappa shape index (κ2) is 7.46. The smallest absolute Gasteiger partial charge is 0.260 e. The fourth-order valence-electron chi connectivity index (χ4n) is 2.67. The number of ether oxygens (including phenoxy) is 1. The number of carbonyl (C=O) groups excluding carboxylic acids is 1. The molecule has 0 aliphatic carbocycles. The third-order valence-corrected chi connectivity index (χ3v) is 4.03. The molecule has 116 valence electrons.